The van der Waals surface area contributed by atoms with Gasteiger partial charge >= 0.3 is 5.51 Å². The molecule has 0 amide bonds. The molecular weight excluding hydrogens is 304 g/mol. The third kappa shape index (κ3) is 2.31. The van der Waals surface area contributed by atoms with E-state index in [1.165, 1.54) is 0 Å². The lowest BCUT2D eigenvalue weighted by Crippen LogP contribution is -2.23. The summed E-state index contributed by atoms with van der Waals surface area (Å²) < 4.78 is 70.4. The van der Waals surface area contributed by atoms with Crippen LogP contribution in [0.3, 0.4) is 0 Å². The fourth-order valence-corrected chi connectivity index (χ4v) is 2.54. The van der Waals surface area contributed by atoms with Gasteiger partial charge in [-0.1, -0.05) is 0 Å². The van der Waals surface area contributed by atoms with Gasteiger partial charge in [-0.3, -0.25) is 0 Å². The van der Waals surface area contributed by atoms with Gasteiger partial charge in [0.05, 0.1) is 4.90 Å². The highest BCUT2D eigenvalue weighted by Crippen LogP contribution is 2.34. The molecular formula is C7H3BrF4O2S. The molecule has 84 valence electrons. The third-order valence-corrected chi connectivity index (χ3v) is 3.97. The van der Waals surface area contributed by atoms with Gasteiger partial charge in [0, 0.05) is 4.47 Å². The molecule has 1 aromatic carbocycles. The van der Waals surface area contributed by atoms with Gasteiger partial charge in [-0.25, -0.2) is 12.8 Å². The Morgan fingerprint density at radius 2 is 1.73 bits per heavy atom. The molecule has 0 saturated heterocycles. The van der Waals surface area contributed by atoms with Crippen molar-refractivity contribution in [2.75, 3.05) is 0 Å². The van der Waals surface area contributed by atoms with Gasteiger partial charge in [-0.05, 0) is 34.1 Å². The van der Waals surface area contributed by atoms with Crippen molar-refractivity contribution in [3.8, 4) is 0 Å². The summed E-state index contributed by atoms with van der Waals surface area (Å²) in [6, 6.07) is 2.06. The highest BCUT2D eigenvalue weighted by atomic mass is 79.9. The minimum Gasteiger partial charge on any atom is -0.214 e. The SMILES string of the molecule is O=S(=O)(c1cc(F)ccc1Br)C(F)(F)F. The fraction of sp³-hybridized carbons (Fsp3) is 0.143. The molecule has 0 radical (unpaired) electrons. The van der Waals surface area contributed by atoms with Gasteiger partial charge in [0.1, 0.15) is 5.82 Å². The Bertz CT molecular complexity index is 480. The summed E-state index contributed by atoms with van der Waals surface area (Å²) in [5.41, 5.74) is -5.44. The van der Waals surface area contributed by atoms with Gasteiger partial charge in [0.15, 0.2) is 0 Å². The highest BCUT2D eigenvalue weighted by molar-refractivity contribution is 9.10. The Balaban J connectivity index is 3.47. The molecule has 0 aromatic heterocycles. The van der Waals surface area contributed by atoms with Crippen molar-refractivity contribution in [2.24, 2.45) is 0 Å². The number of hydrogen-bond acceptors (Lipinski definition) is 2. The molecule has 0 saturated carbocycles. The highest BCUT2D eigenvalue weighted by Gasteiger charge is 2.47. The fourth-order valence-electron chi connectivity index (χ4n) is 0.808. The van der Waals surface area contributed by atoms with E-state index in [0.717, 1.165) is 12.1 Å². The molecule has 0 aliphatic rings. The third-order valence-electron chi connectivity index (χ3n) is 1.49. The summed E-state index contributed by atoms with van der Waals surface area (Å²) in [7, 11) is -5.52. The second-order valence-electron chi connectivity index (χ2n) is 2.52. The molecule has 2 nitrogen and oxygen atoms in total. The van der Waals surface area contributed by atoms with Crippen LogP contribution in [0.15, 0.2) is 27.6 Å². The predicted octanol–water partition coefficient (Wildman–Crippen LogP) is 2.88. The molecule has 0 aliphatic heterocycles. The van der Waals surface area contributed by atoms with Crippen molar-refractivity contribution in [1.82, 2.24) is 0 Å². The van der Waals surface area contributed by atoms with Crippen LogP contribution in [0.1, 0.15) is 0 Å². The number of sulfone groups is 1. The summed E-state index contributed by atoms with van der Waals surface area (Å²) in [4.78, 5) is -1.13. The average molecular weight is 307 g/mol. The molecule has 0 unspecified atom stereocenters. The van der Waals surface area contributed by atoms with Crippen molar-refractivity contribution in [3.05, 3.63) is 28.5 Å². The normalized spacial score (nSPS) is 12.9. The molecule has 0 heterocycles. The lowest BCUT2D eigenvalue weighted by Gasteiger charge is -2.09. The molecule has 15 heavy (non-hydrogen) atoms. The van der Waals surface area contributed by atoms with E-state index < -0.39 is 26.1 Å². The van der Waals surface area contributed by atoms with Crippen LogP contribution >= 0.6 is 15.9 Å². The Labute approximate surface area is 91.0 Å². The first kappa shape index (κ1) is 12.4. The second-order valence-corrected chi connectivity index (χ2v) is 5.29. The largest absolute Gasteiger partial charge is 0.501 e. The van der Waals surface area contributed by atoms with Crippen molar-refractivity contribution < 1.29 is 26.0 Å². The maximum absolute atomic E-state index is 12.6. The number of halogens is 5. The number of hydrogen-bond donors (Lipinski definition) is 0. The van der Waals surface area contributed by atoms with Gasteiger partial charge in [0.25, 0.3) is 9.84 Å². The minimum absolute atomic E-state index is 0.312. The molecule has 0 bridgehead atoms. The number of benzene rings is 1. The van der Waals surface area contributed by atoms with Gasteiger partial charge in [0.2, 0.25) is 0 Å². The monoisotopic (exact) mass is 306 g/mol. The van der Waals surface area contributed by atoms with Crippen molar-refractivity contribution in [2.45, 2.75) is 10.4 Å². The van der Waals surface area contributed by atoms with Gasteiger partial charge < -0.3 is 0 Å². The molecule has 0 spiro atoms. The number of alkyl halides is 3. The maximum atomic E-state index is 12.6. The topological polar surface area (TPSA) is 34.1 Å². The first-order valence-electron chi connectivity index (χ1n) is 3.42. The molecule has 8 heteroatoms. The summed E-state index contributed by atoms with van der Waals surface area (Å²) in [6.45, 7) is 0. The first-order chi connectivity index (χ1) is 6.66. The van der Waals surface area contributed by atoms with E-state index in [-0.39, 0.29) is 4.47 Å². The van der Waals surface area contributed by atoms with E-state index in [2.05, 4.69) is 15.9 Å². The number of rotatable bonds is 1. The van der Waals surface area contributed by atoms with E-state index in [1.54, 1.807) is 0 Å². The van der Waals surface area contributed by atoms with Crippen LogP contribution in [0, 0.1) is 5.82 Å². The molecule has 0 fully saturated rings. The second kappa shape index (κ2) is 3.75. The van der Waals surface area contributed by atoms with E-state index in [9.17, 15) is 26.0 Å². The average Bonchev–Trinajstić information content (AvgIpc) is 2.07. The van der Waals surface area contributed by atoms with Crippen LogP contribution < -0.4 is 0 Å². The predicted molar refractivity (Wildman–Crippen MR) is 47.3 cm³/mol. The van der Waals surface area contributed by atoms with Crippen LogP contribution in [0.5, 0.6) is 0 Å². The van der Waals surface area contributed by atoms with Crippen LogP contribution in [-0.4, -0.2) is 13.9 Å². The van der Waals surface area contributed by atoms with E-state index >= 15 is 0 Å². The molecule has 1 aromatic rings. The Kier molecular flexibility index (Phi) is 3.11. The van der Waals surface area contributed by atoms with Crippen LogP contribution in [0.2, 0.25) is 0 Å². The Hall–Kier alpha value is -0.630. The van der Waals surface area contributed by atoms with E-state index in [4.69, 9.17) is 0 Å². The summed E-state index contributed by atoms with van der Waals surface area (Å²) in [5, 5.41) is 0. The van der Waals surface area contributed by atoms with Gasteiger partial charge in [-0.2, -0.15) is 13.2 Å². The standard InChI is InChI=1S/C7H3BrF4O2S/c8-5-2-1-4(9)3-6(5)15(13,14)7(10,11)12/h1-3H. The first-order valence-corrected chi connectivity index (χ1v) is 5.70. The Morgan fingerprint density at radius 1 is 1.20 bits per heavy atom. The van der Waals surface area contributed by atoms with E-state index in [0.29, 0.717) is 6.07 Å². The van der Waals surface area contributed by atoms with Crippen LogP contribution in [-0.2, 0) is 9.84 Å². The zero-order chi connectivity index (χ0) is 11.9. The molecule has 0 aliphatic carbocycles. The minimum atomic E-state index is -5.52. The zero-order valence-electron chi connectivity index (χ0n) is 6.85. The van der Waals surface area contributed by atoms with Crippen molar-refractivity contribution in [1.29, 1.82) is 0 Å². The summed E-state index contributed by atoms with van der Waals surface area (Å²) in [6.07, 6.45) is 0. The van der Waals surface area contributed by atoms with Crippen LogP contribution in [0.4, 0.5) is 17.6 Å². The molecule has 1 rings (SSSR count). The Morgan fingerprint density at radius 3 is 2.20 bits per heavy atom. The smallest absolute Gasteiger partial charge is 0.214 e. The van der Waals surface area contributed by atoms with Crippen molar-refractivity contribution >= 4 is 25.8 Å². The van der Waals surface area contributed by atoms with Crippen LogP contribution in [0.25, 0.3) is 0 Å². The lowest BCUT2D eigenvalue weighted by molar-refractivity contribution is -0.0436. The lowest BCUT2D eigenvalue weighted by atomic mass is 10.3. The molecule has 0 N–H and O–H groups in total. The zero-order valence-corrected chi connectivity index (χ0v) is 9.25. The van der Waals surface area contributed by atoms with Crippen molar-refractivity contribution in [3.63, 3.8) is 0 Å². The quantitative estimate of drug-likeness (QED) is 0.748. The summed E-state index contributed by atoms with van der Waals surface area (Å²) in [5.74, 6) is -1.05. The maximum Gasteiger partial charge on any atom is 0.501 e. The van der Waals surface area contributed by atoms with Gasteiger partial charge in [-0.15, -0.1) is 0 Å². The van der Waals surface area contributed by atoms with E-state index in [1.807, 2.05) is 0 Å². The summed E-state index contributed by atoms with van der Waals surface area (Å²) >= 11 is 2.61. The molecule has 0 atom stereocenters.